The van der Waals surface area contributed by atoms with Crippen LogP contribution in [0.5, 0.6) is 0 Å². The average molecular weight is 260 g/mol. The lowest BCUT2D eigenvalue weighted by Crippen LogP contribution is -2.09. The predicted molar refractivity (Wildman–Crippen MR) is 48.1 cm³/mol. The van der Waals surface area contributed by atoms with E-state index in [0.29, 0.717) is 6.07 Å². The van der Waals surface area contributed by atoms with Gasteiger partial charge in [0, 0.05) is 11.1 Å². The summed E-state index contributed by atoms with van der Waals surface area (Å²) in [5.41, 5.74) is -2.64. The third-order valence-electron chi connectivity index (χ3n) is 1.51. The van der Waals surface area contributed by atoms with E-state index in [1.165, 1.54) is 0 Å². The van der Waals surface area contributed by atoms with Crippen molar-refractivity contribution in [3.63, 3.8) is 0 Å². The van der Waals surface area contributed by atoms with Gasteiger partial charge in [-0.25, -0.2) is 0 Å². The Balaban J connectivity index is 3.55. The monoisotopic (exact) mass is 259 g/mol. The average Bonchev–Trinajstić information content (AvgIpc) is 1.99. The third kappa shape index (κ3) is 2.51. The Morgan fingerprint density at radius 3 is 2.20 bits per heavy atom. The quantitative estimate of drug-likeness (QED) is 0.567. The van der Waals surface area contributed by atoms with Gasteiger partial charge in [0.1, 0.15) is 0 Å². The fourth-order valence-corrected chi connectivity index (χ4v) is 1.57. The van der Waals surface area contributed by atoms with Crippen molar-refractivity contribution in [2.75, 3.05) is 0 Å². The van der Waals surface area contributed by atoms with Crippen molar-refractivity contribution in [1.82, 2.24) is 0 Å². The van der Waals surface area contributed by atoms with Crippen molar-refractivity contribution in [2.45, 2.75) is 6.18 Å². The first-order valence-corrected chi connectivity index (χ1v) is 4.19. The zero-order valence-corrected chi connectivity index (χ0v) is 8.32. The molecule has 0 N–H and O–H groups in total. The molecule has 1 aromatic rings. The van der Waals surface area contributed by atoms with Crippen LogP contribution in [-0.4, -0.2) is 4.92 Å². The number of benzene rings is 1. The molecule has 0 radical (unpaired) electrons. The molecule has 0 aliphatic carbocycles. The van der Waals surface area contributed by atoms with Gasteiger partial charge in [0.2, 0.25) is 0 Å². The minimum atomic E-state index is -4.88. The van der Waals surface area contributed by atoms with Gasteiger partial charge in [-0.1, -0.05) is 23.2 Å². The van der Waals surface area contributed by atoms with Gasteiger partial charge in [0.05, 0.1) is 9.95 Å². The molecular formula is C7H2Cl2F3NO2. The predicted octanol–water partition coefficient (Wildman–Crippen LogP) is 3.92. The van der Waals surface area contributed by atoms with Crippen LogP contribution in [0, 0.1) is 10.1 Å². The van der Waals surface area contributed by atoms with Gasteiger partial charge >= 0.3 is 6.18 Å². The first kappa shape index (κ1) is 12.1. The maximum Gasteiger partial charge on any atom is 0.424 e. The molecule has 0 amide bonds. The largest absolute Gasteiger partial charge is 0.424 e. The molecule has 8 heteroatoms. The summed E-state index contributed by atoms with van der Waals surface area (Å²) in [6, 6.07) is 1.41. The van der Waals surface area contributed by atoms with Crippen molar-refractivity contribution >= 4 is 28.9 Å². The fourth-order valence-electron chi connectivity index (χ4n) is 0.985. The molecule has 0 spiro atoms. The van der Waals surface area contributed by atoms with Crippen LogP contribution in [0.1, 0.15) is 5.56 Å². The lowest BCUT2D eigenvalue weighted by molar-refractivity contribution is -0.388. The van der Waals surface area contributed by atoms with Crippen LogP contribution < -0.4 is 0 Å². The topological polar surface area (TPSA) is 43.1 Å². The van der Waals surface area contributed by atoms with E-state index in [1.807, 2.05) is 0 Å². The number of alkyl halides is 3. The zero-order valence-electron chi connectivity index (χ0n) is 6.81. The molecular weight excluding hydrogens is 258 g/mol. The Hall–Kier alpha value is -1.01. The lowest BCUT2D eigenvalue weighted by atomic mass is 10.1. The molecule has 15 heavy (non-hydrogen) atoms. The second-order valence-corrected chi connectivity index (χ2v) is 3.38. The highest BCUT2D eigenvalue weighted by Gasteiger charge is 2.41. The molecule has 0 saturated heterocycles. The number of hydrogen-bond acceptors (Lipinski definition) is 2. The van der Waals surface area contributed by atoms with E-state index in [9.17, 15) is 23.3 Å². The van der Waals surface area contributed by atoms with Crippen LogP contribution in [0.15, 0.2) is 12.1 Å². The van der Waals surface area contributed by atoms with Crippen LogP contribution in [-0.2, 0) is 6.18 Å². The second kappa shape index (κ2) is 3.86. The zero-order chi connectivity index (χ0) is 11.8. The van der Waals surface area contributed by atoms with Crippen molar-refractivity contribution in [1.29, 1.82) is 0 Å². The summed E-state index contributed by atoms with van der Waals surface area (Å²) in [4.78, 5) is 9.18. The molecule has 0 saturated carbocycles. The molecule has 82 valence electrons. The molecule has 0 aromatic heterocycles. The van der Waals surface area contributed by atoms with Crippen molar-refractivity contribution in [3.8, 4) is 0 Å². The van der Waals surface area contributed by atoms with E-state index < -0.39 is 27.4 Å². The second-order valence-electron chi connectivity index (χ2n) is 2.54. The van der Waals surface area contributed by atoms with Crippen LogP contribution in [0.2, 0.25) is 10.0 Å². The van der Waals surface area contributed by atoms with E-state index in [0.717, 1.165) is 6.07 Å². The SMILES string of the molecule is O=[N+]([O-])c1cc(Cl)cc(Cl)c1C(F)(F)F. The number of nitro benzene ring substituents is 1. The Kier molecular flexibility index (Phi) is 3.11. The lowest BCUT2D eigenvalue weighted by Gasteiger charge is -2.09. The molecule has 0 bridgehead atoms. The standard InChI is InChI=1S/C7H2Cl2F3NO2/c8-3-1-4(9)6(7(10,11)12)5(2-3)13(14)15/h1-2H. The highest BCUT2D eigenvalue weighted by molar-refractivity contribution is 6.35. The van der Waals surface area contributed by atoms with Gasteiger partial charge in [0.25, 0.3) is 5.69 Å². The van der Waals surface area contributed by atoms with Crippen molar-refractivity contribution < 1.29 is 18.1 Å². The Morgan fingerprint density at radius 2 is 1.80 bits per heavy atom. The molecule has 0 heterocycles. The van der Waals surface area contributed by atoms with Crippen LogP contribution in [0.4, 0.5) is 18.9 Å². The Labute approximate surface area is 91.6 Å². The molecule has 0 fully saturated rings. The first-order chi connectivity index (χ1) is 6.73. The minimum Gasteiger partial charge on any atom is -0.258 e. The molecule has 0 atom stereocenters. The fraction of sp³-hybridized carbons (Fsp3) is 0.143. The highest BCUT2D eigenvalue weighted by Crippen LogP contribution is 2.42. The minimum absolute atomic E-state index is 0.222. The van der Waals surface area contributed by atoms with Gasteiger partial charge in [-0.3, -0.25) is 10.1 Å². The maximum atomic E-state index is 12.4. The van der Waals surface area contributed by atoms with E-state index in [-0.39, 0.29) is 5.02 Å². The van der Waals surface area contributed by atoms with Gasteiger partial charge < -0.3 is 0 Å². The van der Waals surface area contributed by atoms with Gasteiger partial charge in [-0.2, -0.15) is 13.2 Å². The third-order valence-corrected chi connectivity index (χ3v) is 2.03. The van der Waals surface area contributed by atoms with Crippen LogP contribution >= 0.6 is 23.2 Å². The highest BCUT2D eigenvalue weighted by atomic mass is 35.5. The summed E-state index contributed by atoms with van der Waals surface area (Å²) < 4.78 is 37.1. The van der Waals surface area contributed by atoms with E-state index in [1.54, 1.807) is 0 Å². The number of halogens is 5. The first-order valence-electron chi connectivity index (χ1n) is 3.44. The molecule has 1 aromatic carbocycles. The molecule has 0 aliphatic heterocycles. The van der Waals surface area contributed by atoms with Gasteiger partial charge in [-0.15, -0.1) is 0 Å². The molecule has 1 rings (SSSR count). The van der Waals surface area contributed by atoms with Crippen molar-refractivity contribution in [2.24, 2.45) is 0 Å². The summed E-state index contributed by atoms with van der Waals surface area (Å²) in [6.07, 6.45) is -4.88. The molecule has 0 unspecified atom stereocenters. The van der Waals surface area contributed by atoms with Crippen LogP contribution in [0.25, 0.3) is 0 Å². The number of rotatable bonds is 1. The van der Waals surface area contributed by atoms with Crippen LogP contribution in [0.3, 0.4) is 0 Å². The summed E-state index contributed by atoms with van der Waals surface area (Å²) in [7, 11) is 0. The summed E-state index contributed by atoms with van der Waals surface area (Å²) in [6.45, 7) is 0. The summed E-state index contributed by atoms with van der Waals surface area (Å²) in [5.74, 6) is 0. The molecule has 0 aliphatic rings. The smallest absolute Gasteiger partial charge is 0.258 e. The summed E-state index contributed by atoms with van der Waals surface area (Å²) in [5, 5.41) is 9.35. The summed E-state index contributed by atoms with van der Waals surface area (Å²) >= 11 is 10.6. The van der Waals surface area contributed by atoms with E-state index in [2.05, 4.69) is 0 Å². The Bertz CT molecular complexity index is 419. The van der Waals surface area contributed by atoms with Crippen molar-refractivity contribution in [3.05, 3.63) is 37.9 Å². The van der Waals surface area contributed by atoms with E-state index in [4.69, 9.17) is 23.2 Å². The number of hydrogen-bond donors (Lipinski definition) is 0. The van der Waals surface area contributed by atoms with E-state index >= 15 is 0 Å². The maximum absolute atomic E-state index is 12.4. The number of nitro groups is 1. The number of nitrogens with zero attached hydrogens (tertiary/aromatic N) is 1. The van der Waals surface area contributed by atoms with Gasteiger partial charge in [0.15, 0.2) is 5.56 Å². The van der Waals surface area contributed by atoms with Gasteiger partial charge in [-0.05, 0) is 6.07 Å². The Morgan fingerprint density at radius 1 is 1.27 bits per heavy atom. The molecule has 3 nitrogen and oxygen atoms in total. The normalized spacial score (nSPS) is 11.5.